The van der Waals surface area contributed by atoms with Gasteiger partial charge in [0, 0.05) is 25.3 Å². The van der Waals surface area contributed by atoms with Crippen molar-refractivity contribution in [2.24, 2.45) is 5.92 Å². The lowest BCUT2D eigenvalue weighted by Gasteiger charge is -2.19. The van der Waals surface area contributed by atoms with Gasteiger partial charge >= 0.3 is 6.03 Å². The number of likely N-dealkylation sites (tertiary alicyclic amines) is 1. The summed E-state index contributed by atoms with van der Waals surface area (Å²) in [6, 6.07) is 5.68. The molecule has 8 nitrogen and oxygen atoms in total. The molecule has 0 spiro atoms. The molecule has 1 atom stereocenters. The summed E-state index contributed by atoms with van der Waals surface area (Å²) in [7, 11) is 4.13. The van der Waals surface area contributed by atoms with E-state index in [0.29, 0.717) is 5.92 Å². The smallest absolute Gasteiger partial charge is 0.321 e. The van der Waals surface area contributed by atoms with Crippen LogP contribution in [0.5, 0.6) is 0 Å². The van der Waals surface area contributed by atoms with Gasteiger partial charge in [-0.25, -0.2) is 9.48 Å². The highest BCUT2D eigenvalue weighted by molar-refractivity contribution is 5.89. The van der Waals surface area contributed by atoms with Crippen LogP contribution in [0.4, 0.5) is 10.5 Å². The zero-order valence-corrected chi connectivity index (χ0v) is 14.3. The predicted octanol–water partition coefficient (Wildman–Crippen LogP) is 1.39. The fourth-order valence-corrected chi connectivity index (χ4v) is 3.09. The lowest BCUT2D eigenvalue weighted by molar-refractivity contribution is 0.219. The van der Waals surface area contributed by atoms with Crippen LogP contribution in [-0.4, -0.2) is 69.8 Å². The topological polar surface area (TPSA) is 79.2 Å². The minimum Gasteiger partial charge on any atom is -0.324 e. The number of nitrogens with zero attached hydrogens (tertiary/aromatic N) is 6. The van der Waals surface area contributed by atoms with E-state index >= 15 is 0 Å². The van der Waals surface area contributed by atoms with E-state index in [4.69, 9.17) is 0 Å². The SMILES string of the molecule is Cc1ccc(NC(=O)N2CCC(CN(C)C)C2)cc1-n1cnnn1. The zero-order chi connectivity index (χ0) is 17.1. The third-order valence-corrected chi connectivity index (χ3v) is 4.25. The first-order valence-electron chi connectivity index (χ1n) is 8.07. The van der Waals surface area contributed by atoms with Crippen molar-refractivity contribution in [3.05, 3.63) is 30.1 Å². The van der Waals surface area contributed by atoms with Crippen molar-refractivity contribution in [2.75, 3.05) is 39.0 Å². The highest BCUT2D eigenvalue weighted by atomic mass is 16.2. The number of anilines is 1. The quantitative estimate of drug-likeness (QED) is 0.917. The van der Waals surface area contributed by atoms with Crippen molar-refractivity contribution in [1.29, 1.82) is 0 Å². The van der Waals surface area contributed by atoms with Crippen LogP contribution in [0, 0.1) is 12.8 Å². The maximum atomic E-state index is 12.5. The summed E-state index contributed by atoms with van der Waals surface area (Å²) in [4.78, 5) is 16.5. The van der Waals surface area contributed by atoms with E-state index in [1.807, 2.05) is 30.0 Å². The van der Waals surface area contributed by atoms with Crippen molar-refractivity contribution in [1.82, 2.24) is 30.0 Å². The van der Waals surface area contributed by atoms with Gasteiger partial charge in [-0.1, -0.05) is 6.07 Å². The first-order chi connectivity index (χ1) is 11.5. The number of carbonyl (C=O) groups excluding carboxylic acids is 1. The van der Waals surface area contributed by atoms with Gasteiger partial charge in [0.15, 0.2) is 0 Å². The average molecular weight is 329 g/mol. The van der Waals surface area contributed by atoms with Crippen LogP contribution >= 0.6 is 0 Å². The van der Waals surface area contributed by atoms with Crippen LogP contribution in [0.3, 0.4) is 0 Å². The van der Waals surface area contributed by atoms with Crippen molar-refractivity contribution in [3.63, 3.8) is 0 Å². The van der Waals surface area contributed by atoms with E-state index in [9.17, 15) is 4.79 Å². The molecule has 1 aromatic carbocycles. The van der Waals surface area contributed by atoms with Gasteiger partial charge in [-0.2, -0.15) is 0 Å². The summed E-state index contributed by atoms with van der Waals surface area (Å²) in [6.45, 7) is 4.60. The normalized spacial score (nSPS) is 17.5. The lowest BCUT2D eigenvalue weighted by Crippen LogP contribution is -2.34. The fraction of sp³-hybridized carbons (Fsp3) is 0.500. The summed E-state index contributed by atoms with van der Waals surface area (Å²) in [5.41, 5.74) is 2.63. The van der Waals surface area contributed by atoms with Gasteiger partial charge in [-0.15, -0.1) is 5.10 Å². The van der Waals surface area contributed by atoms with Crippen molar-refractivity contribution in [3.8, 4) is 5.69 Å². The number of aryl methyl sites for hydroxylation is 1. The summed E-state index contributed by atoms with van der Waals surface area (Å²) >= 11 is 0. The number of amides is 2. The molecule has 0 aliphatic carbocycles. The first kappa shape index (κ1) is 16.4. The molecule has 0 radical (unpaired) electrons. The van der Waals surface area contributed by atoms with Crippen molar-refractivity contribution < 1.29 is 4.79 Å². The third-order valence-electron chi connectivity index (χ3n) is 4.25. The number of tetrazole rings is 1. The van der Waals surface area contributed by atoms with Crippen molar-refractivity contribution >= 4 is 11.7 Å². The van der Waals surface area contributed by atoms with Gasteiger partial charge in [0.2, 0.25) is 0 Å². The van der Waals surface area contributed by atoms with E-state index in [0.717, 1.165) is 43.0 Å². The Bertz CT molecular complexity index is 698. The minimum absolute atomic E-state index is 0.0530. The number of carbonyl (C=O) groups is 1. The minimum atomic E-state index is -0.0530. The molecular formula is C16H23N7O. The largest absolute Gasteiger partial charge is 0.324 e. The molecule has 2 heterocycles. The fourth-order valence-electron chi connectivity index (χ4n) is 3.09. The van der Waals surface area contributed by atoms with Crippen LogP contribution < -0.4 is 5.32 Å². The monoisotopic (exact) mass is 329 g/mol. The second-order valence-electron chi connectivity index (χ2n) is 6.55. The molecule has 128 valence electrons. The van der Waals surface area contributed by atoms with Crippen LogP contribution in [0.1, 0.15) is 12.0 Å². The van der Waals surface area contributed by atoms with Crippen LogP contribution in [0.2, 0.25) is 0 Å². The van der Waals surface area contributed by atoms with E-state index in [1.165, 1.54) is 0 Å². The lowest BCUT2D eigenvalue weighted by atomic mass is 10.1. The Morgan fingerprint density at radius 1 is 1.42 bits per heavy atom. The molecule has 1 aliphatic rings. The first-order valence-corrected chi connectivity index (χ1v) is 8.07. The summed E-state index contributed by atoms with van der Waals surface area (Å²) in [6.07, 6.45) is 2.59. The molecule has 1 fully saturated rings. The summed E-state index contributed by atoms with van der Waals surface area (Å²) in [5.74, 6) is 0.542. The third kappa shape index (κ3) is 3.70. The standard InChI is InChI=1S/C16H23N7O/c1-12-4-5-14(8-15(12)23-11-17-19-20-23)18-16(24)22-7-6-13(10-22)9-21(2)3/h4-5,8,11,13H,6-7,9-10H2,1-3H3,(H,18,24). The van der Waals surface area contributed by atoms with Gasteiger partial charge in [-0.3, -0.25) is 0 Å². The Labute approximate surface area is 141 Å². The number of nitrogens with one attached hydrogen (secondary N) is 1. The maximum absolute atomic E-state index is 12.5. The molecule has 1 aliphatic heterocycles. The maximum Gasteiger partial charge on any atom is 0.321 e. The van der Waals surface area contributed by atoms with E-state index in [-0.39, 0.29) is 6.03 Å². The average Bonchev–Trinajstić information content (AvgIpc) is 3.20. The molecule has 24 heavy (non-hydrogen) atoms. The number of hydrogen-bond donors (Lipinski definition) is 1. The molecule has 8 heteroatoms. The Balaban J connectivity index is 1.66. The molecule has 1 saturated heterocycles. The Morgan fingerprint density at radius 3 is 2.96 bits per heavy atom. The summed E-state index contributed by atoms with van der Waals surface area (Å²) < 4.78 is 1.59. The molecule has 2 amide bonds. The number of rotatable bonds is 4. The van der Waals surface area contributed by atoms with Gasteiger partial charge in [0.1, 0.15) is 6.33 Å². The van der Waals surface area contributed by atoms with Gasteiger partial charge in [-0.05, 0) is 61.5 Å². The molecule has 1 N–H and O–H groups in total. The van der Waals surface area contributed by atoms with Crippen LogP contribution in [-0.2, 0) is 0 Å². The van der Waals surface area contributed by atoms with E-state index in [1.54, 1.807) is 11.0 Å². The highest BCUT2D eigenvalue weighted by Gasteiger charge is 2.26. The van der Waals surface area contributed by atoms with E-state index in [2.05, 4.69) is 39.8 Å². The number of aromatic nitrogens is 4. The van der Waals surface area contributed by atoms with Gasteiger partial charge in [0.25, 0.3) is 0 Å². The van der Waals surface area contributed by atoms with Crippen LogP contribution in [0.15, 0.2) is 24.5 Å². The van der Waals surface area contributed by atoms with Crippen molar-refractivity contribution in [2.45, 2.75) is 13.3 Å². The van der Waals surface area contributed by atoms with Gasteiger partial charge in [0.05, 0.1) is 5.69 Å². The molecule has 2 aromatic rings. The number of urea groups is 1. The molecule has 1 unspecified atom stereocenters. The number of hydrogen-bond acceptors (Lipinski definition) is 5. The Kier molecular flexibility index (Phi) is 4.75. The van der Waals surface area contributed by atoms with E-state index < -0.39 is 0 Å². The molecular weight excluding hydrogens is 306 g/mol. The molecule has 3 rings (SSSR count). The second-order valence-corrected chi connectivity index (χ2v) is 6.55. The Morgan fingerprint density at radius 2 is 2.25 bits per heavy atom. The molecule has 1 aromatic heterocycles. The second kappa shape index (κ2) is 6.96. The highest BCUT2D eigenvalue weighted by Crippen LogP contribution is 2.21. The summed E-state index contributed by atoms with van der Waals surface area (Å²) in [5, 5.41) is 14.2. The molecule has 0 bridgehead atoms. The number of benzene rings is 1. The zero-order valence-electron chi connectivity index (χ0n) is 14.3. The Hall–Kier alpha value is -2.48. The van der Waals surface area contributed by atoms with Gasteiger partial charge < -0.3 is 15.1 Å². The predicted molar refractivity (Wildman–Crippen MR) is 91.1 cm³/mol. The molecule has 0 saturated carbocycles. The van der Waals surface area contributed by atoms with Crippen LogP contribution in [0.25, 0.3) is 5.69 Å².